The summed E-state index contributed by atoms with van der Waals surface area (Å²) in [6, 6.07) is 8.34. The van der Waals surface area contributed by atoms with Crippen LogP contribution in [0.5, 0.6) is 0 Å². The third-order valence-corrected chi connectivity index (χ3v) is 4.86. The minimum atomic E-state index is 0.0605. The molecule has 0 radical (unpaired) electrons. The van der Waals surface area contributed by atoms with Crippen molar-refractivity contribution in [3.63, 3.8) is 0 Å². The highest BCUT2D eigenvalue weighted by molar-refractivity contribution is 5.76. The first-order valence-electron chi connectivity index (χ1n) is 8.16. The lowest BCUT2D eigenvalue weighted by atomic mass is 9.71. The van der Waals surface area contributed by atoms with Crippen LogP contribution < -0.4 is 11.1 Å². The van der Waals surface area contributed by atoms with E-state index in [0.29, 0.717) is 19.5 Å². The SMILES string of the molecule is Cc1ccccc1CCNC(=O)CC1(CN)CCCCC1. The number of rotatable bonds is 6. The quantitative estimate of drug-likeness (QED) is 0.845. The van der Waals surface area contributed by atoms with Crippen molar-refractivity contribution in [1.29, 1.82) is 0 Å². The minimum absolute atomic E-state index is 0.0605. The number of nitrogens with two attached hydrogens (primary N) is 1. The standard InChI is InChI=1S/C18H28N2O/c1-15-7-3-4-8-16(15)9-12-20-17(21)13-18(14-19)10-5-2-6-11-18/h3-4,7-8H,2,5-6,9-14,19H2,1H3,(H,20,21). The normalized spacial score (nSPS) is 17.4. The van der Waals surface area contributed by atoms with Crippen LogP contribution in [-0.4, -0.2) is 19.0 Å². The van der Waals surface area contributed by atoms with Gasteiger partial charge in [0.05, 0.1) is 0 Å². The molecular weight excluding hydrogens is 260 g/mol. The van der Waals surface area contributed by atoms with Crippen LogP contribution in [0.3, 0.4) is 0 Å². The van der Waals surface area contributed by atoms with E-state index in [1.54, 1.807) is 0 Å². The maximum atomic E-state index is 12.2. The molecular formula is C18H28N2O. The monoisotopic (exact) mass is 288 g/mol. The fraction of sp³-hybridized carbons (Fsp3) is 0.611. The van der Waals surface area contributed by atoms with Crippen molar-refractivity contribution >= 4 is 5.91 Å². The summed E-state index contributed by atoms with van der Waals surface area (Å²) in [5.41, 5.74) is 8.61. The molecule has 3 nitrogen and oxygen atoms in total. The maximum absolute atomic E-state index is 12.2. The van der Waals surface area contributed by atoms with Gasteiger partial charge in [0.25, 0.3) is 0 Å². The summed E-state index contributed by atoms with van der Waals surface area (Å²) in [7, 11) is 0. The number of aryl methyl sites for hydroxylation is 1. The summed E-state index contributed by atoms with van der Waals surface area (Å²) in [5.74, 6) is 0.163. The molecule has 0 spiro atoms. The minimum Gasteiger partial charge on any atom is -0.356 e. The van der Waals surface area contributed by atoms with Gasteiger partial charge in [-0.3, -0.25) is 4.79 Å². The van der Waals surface area contributed by atoms with Crippen molar-refractivity contribution in [3.8, 4) is 0 Å². The Balaban J connectivity index is 1.78. The molecule has 0 saturated heterocycles. The molecule has 1 aliphatic rings. The van der Waals surface area contributed by atoms with Gasteiger partial charge in [-0.1, -0.05) is 43.5 Å². The van der Waals surface area contributed by atoms with Crippen molar-refractivity contribution in [2.45, 2.75) is 51.9 Å². The van der Waals surface area contributed by atoms with Gasteiger partial charge in [0.2, 0.25) is 5.91 Å². The van der Waals surface area contributed by atoms with Crippen LogP contribution in [0.4, 0.5) is 0 Å². The zero-order valence-electron chi connectivity index (χ0n) is 13.2. The van der Waals surface area contributed by atoms with Crippen molar-refractivity contribution in [1.82, 2.24) is 5.32 Å². The number of carbonyl (C=O) groups excluding carboxylic acids is 1. The first kappa shape index (κ1) is 16.0. The Bertz CT molecular complexity index is 464. The Morgan fingerprint density at radius 2 is 1.95 bits per heavy atom. The molecule has 1 aromatic carbocycles. The van der Waals surface area contributed by atoms with Crippen molar-refractivity contribution in [3.05, 3.63) is 35.4 Å². The number of hydrogen-bond acceptors (Lipinski definition) is 2. The average molecular weight is 288 g/mol. The second-order valence-corrected chi connectivity index (χ2v) is 6.47. The lowest BCUT2D eigenvalue weighted by molar-refractivity contribution is -0.123. The zero-order valence-corrected chi connectivity index (χ0v) is 13.2. The smallest absolute Gasteiger partial charge is 0.220 e. The van der Waals surface area contributed by atoms with Crippen LogP contribution in [0, 0.1) is 12.3 Å². The van der Waals surface area contributed by atoms with E-state index in [-0.39, 0.29) is 11.3 Å². The number of benzene rings is 1. The van der Waals surface area contributed by atoms with E-state index in [2.05, 4.69) is 30.4 Å². The van der Waals surface area contributed by atoms with E-state index in [4.69, 9.17) is 5.73 Å². The van der Waals surface area contributed by atoms with E-state index in [1.807, 2.05) is 6.07 Å². The highest BCUT2D eigenvalue weighted by Crippen LogP contribution is 2.38. The van der Waals surface area contributed by atoms with Crippen molar-refractivity contribution < 1.29 is 4.79 Å². The van der Waals surface area contributed by atoms with Gasteiger partial charge in [0.1, 0.15) is 0 Å². The summed E-state index contributed by atoms with van der Waals surface area (Å²) < 4.78 is 0. The van der Waals surface area contributed by atoms with E-state index in [9.17, 15) is 4.79 Å². The summed E-state index contributed by atoms with van der Waals surface area (Å²) >= 11 is 0. The lowest BCUT2D eigenvalue weighted by Crippen LogP contribution is -2.39. The number of carbonyl (C=O) groups is 1. The molecule has 0 heterocycles. The summed E-state index contributed by atoms with van der Waals surface area (Å²) in [5, 5.41) is 3.07. The molecule has 0 aliphatic heterocycles. The molecule has 1 aliphatic carbocycles. The highest BCUT2D eigenvalue weighted by Gasteiger charge is 2.32. The van der Waals surface area contributed by atoms with Crippen LogP contribution in [0.15, 0.2) is 24.3 Å². The first-order chi connectivity index (χ1) is 10.2. The van der Waals surface area contributed by atoms with E-state index >= 15 is 0 Å². The Morgan fingerprint density at radius 3 is 2.62 bits per heavy atom. The molecule has 21 heavy (non-hydrogen) atoms. The number of amides is 1. The van der Waals surface area contributed by atoms with Gasteiger partial charge >= 0.3 is 0 Å². The molecule has 0 unspecified atom stereocenters. The van der Waals surface area contributed by atoms with Gasteiger partial charge in [-0.25, -0.2) is 0 Å². The van der Waals surface area contributed by atoms with Gasteiger partial charge in [0, 0.05) is 13.0 Å². The van der Waals surface area contributed by atoms with Crippen LogP contribution in [0.25, 0.3) is 0 Å². The Labute approximate surface area is 128 Å². The van der Waals surface area contributed by atoms with Crippen LogP contribution in [0.2, 0.25) is 0 Å². The summed E-state index contributed by atoms with van der Waals surface area (Å²) in [6.45, 7) is 3.46. The Kier molecular flexibility index (Phi) is 5.80. The molecule has 1 amide bonds. The van der Waals surface area contributed by atoms with Gasteiger partial charge in [0.15, 0.2) is 0 Å². The third kappa shape index (κ3) is 4.57. The molecule has 2 rings (SSSR count). The molecule has 3 N–H and O–H groups in total. The predicted molar refractivity (Wildman–Crippen MR) is 87.1 cm³/mol. The molecule has 0 atom stereocenters. The molecule has 1 saturated carbocycles. The van der Waals surface area contributed by atoms with E-state index in [1.165, 1.54) is 30.4 Å². The topological polar surface area (TPSA) is 55.1 Å². The van der Waals surface area contributed by atoms with Gasteiger partial charge in [-0.05, 0) is 49.3 Å². The number of hydrogen-bond donors (Lipinski definition) is 2. The van der Waals surface area contributed by atoms with Crippen LogP contribution in [0.1, 0.15) is 49.7 Å². The maximum Gasteiger partial charge on any atom is 0.220 e. The number of nitrogens with one attached hydrogen (secondary N) is 1. The van der Waals surface area contributed by atoms with Crippen LogP contribution >= 0.6 is 0 Å². The molecule has 1 fully saturated rings. The molecule has 1 aromatic rings. The van der Waals surface area contributed by atoms with Crippen molar-refractivity contribution in [2.75, 3.05) is 13.1 Å². The fourth-order valence-corrected chi connectivity index (χ4v) is 3.39. The molecule has 116 valence electrons. The molecule has 0 bridgehead atoms. The second-order valence-electron chi connectivity index (χ2n) is 6.47. The summed E-state index contributed by atoms with van der Waals surface area (Å²) in [4.78, 5) is 12.2. The first-order valence-corrected chi connectivity index (χ1v) is 8.16. The van der Waals surface area contributed by atoms with Gasteiger partial charge < -0.3 is 11.1 Å². The van der Waals surface area contributed by atoms with Crippen molar-refractivity contribution in [2.24, 2.45) is 11.1 Å². The van der Waals surface area contributed by atoms with E-state index in [0.717, 1.165) is 19.3 Å². The third-order valence-electron chi connectivity index (χ3n) is 4.86. The largest absolute Gasteiger partial charge is 0.356 e. The Hall–Kier alpha value is -1.35. The molecule has 3 heteroatoms. The van der Waals surface area contributed by atoms with Crippen LogP contribution in [-0.2, 0) is 11.2 Å². The molecule has 0 aromatic heterocycles. The zero-order chi connectivity index (χ0) is 15.1. The highest BCUT2D eigenvalue weighted by atomic mass is 16.1. The lowest BCUT2D eigenvalue weighted by Gasteiger charge is -2.35. The fourth-order valence-electron chi connectivity index (χ4n) is 3.39. The Morgan fingerprint density at radius 1 is 1.24 bits per heavy atom. The van der Waals surface area contributed by atoms with Gasteiger partial charge in [-0.2, -0.15) is 0 Å². The second kappa shape index (κ2) is 7.60. The van der Waals surface area contributed by atoms with Gasteiger partial charge in [-0.15, -0.1) is 0 Å². The predicted octanol–water partition coefficient (Wildman–Crippen LogP) is 2.95. The average Bonchev–Trinajstić information content (AvgIpc) is 2.50. The van der Waals surface area contributed by atoms with E-state index < -0.39 is 0 Å². The summed E-state index contributed by atoms with van der Waals surface area (Å²) in [6.07, 6.45) is 7.42.